The summed E-state index contributed by atoms with van der Waals surface area (Å²) in [6, 6.07) is 20.1. The molecule has 2 unspecified atom stereocenters. The van der Waals surface area contributed by atoms with Crippen molar-refractivity contribution in [3.8, 4) is 22.5 Å². The van der Waals surface area contributed by atoms with Crippen LogP contribution in [0.15, 0.2) is 79.1 Å². The highest BCUT2D eigenvalue weighted by atomic mass is 35.5. The fourth-order valence-corrected chi connectivity index (χ4v) is 5.65. The highest BCUT2D eigenvalue weighted by Crippen LogP contribution is 2.42. The minimum atomic E-state index is -1.41. The van der Waals surface area contributed by atoms with Gasteiger partial charge in [0.25, 0.3) is 0 Å². The van der Waals surface area contributed by atoms with Crippen LogP contribution in [0.1, 0.15) is 34.7 Å². The molecule has 4 aromatic heterocycles. The SMILES string of the molecule is Cc1ccn2c(C(O)C(O)c3c(-c4ccc(Cl)cc4Cl)nc4cc(C)ccn34)c(-c3ccccc3Cl)nc2c1. The molecule has 2 aromatic carbocycles. The molecule has 0 aliphatic rings. The quantitative estimate of drug-likeness (QED) is 0.221. The number of aromatic nitrogens is 4. The molecular weight excluding hydrogens is 555 g/mol. The van der Waals surface area contributed by atoms with Crippen molar-refractivity contribution < 1.29 is 10.2 Å². The lowest BCUT2D eigenvalue weighted by molar-refractivity contribution is 0.0118. The van der Waals surface area contributed by atoms with Crippen molar-refractivity contribution in [2.45, 2.75) is 26.1 Å². The molecule has 2 atom stereocenters. The van der Waals surface area contributed by atoms with Gasteiger partial charge >= 0.3 is 0 Å². The van der Waals surface area contributed by atoms with Crippen molar-refractivity contribution >= 4 is 46.1 Å². The number of nitrogens with zero attached hydrogens (tertiary/aromatic N) is 4. The van der Waals surface area contributed by atoms with Crippen molar-refractivity contribution in [3.63, 3.8) is 0 Å². The van der Waals surface area contributed by atoms with E-state index >= 15 is 0 Å². The molecule has 0 saturated carbocycles. The first-order valence-corrected chi connectivity index (χ1v) is 13.4. The van der Waals surface area contributed by atoms with Gasteiger partial charge in [-0.25, -0.2) is 9.97 Å². The Hall–Kier alpha value is -3.39. The van der Waals surface area contributed by atoms with Crippen molar-refractivity contribution in [2.75, 3.05) is 0 Å². The van der Waals surface area contributed by atoms with Crippen LogP contribution in [0.4, 0.5) is 0 Å². The smallest absolute Gasteiger partial charge is 0.138 e. The molecule has 4 heterocycles. The van der Waals surface area contributed by atoms with Crippen LogP contribution in [-0.4, -0.2) is 29.0 Å². The predicted molar refractivity (Wildman–Crippen MR) is 156 cm³/mol. The topological polar surface area (TPSA) is 75.1 Å². The van der Waals surface area contributed by atoms with Crippen LogP contribution in [0.5, 0.6) is 0 Å². The summed E-state index contributed by atoms with van der Waals surface area (Å²) in [5.41, 5.74) is 6.19. The van der Waals surface area contributed by atoms with E-state index in [0.29, 0.717) is 60.3 Å². The van der Waals surface area contributed by atoms with Gasteiger partial charge in [-0.05, 0) is 73.5 Å². The summed E-state index contributed by atoms with van der Waals surface area (Å²) >= 11 is 19.3. The van der Waals surface area contributed by atoms with Crippen molar-refractivity contribution in [1.29, 1.82) is 0 Å². The van der Waals surface area contributed by atoms with Crippen LogP contribution in [0, 0.1) is 13.8 Å². The number of hydrogen-bond donors (Lipinski definition) is 2. The normalized spacial score (nSPS) is 13.3. The number of aliphatic hydroxyl groups excluding tert-OH is 2. The molecule has 9 heteroatoms. The number of halogens is 3. The first-order chi connectivity index (χ1) is 18.7. The summed E-state index contributed by atoms with van der Waals surface area (Å²) in [7, 11) is 0. The molecule has 196 valence electrons. The largest absolute Gasteiger partial charge is 0.384 e. The maximum absolute atomic E-state index is 11.9. The van der Waals surface area contributed by atoms with E-state index in [2.05, 4.69) is 0 Å². The molecular formula is C30H23Cl3N4O2. The Labute approximate surface area is 239 Å². The van der Waals surface area contributed by atoms with Crippen LogP contribution in [0.3, 0.4) is 0 Å². The molecule has 0 saturated heterocycles. The van der Waals surface area contributed by atoms with E-state index in [1.807, 2.05) is 68.7 Å². The number of hydrogen-bond acceptors (Lipinski definition) is 4. The Morgan fingerprint density at radius 1 is 0.641 bits per heavy atom. The second kappa shape index (κ2) is 9.97. The molecule has 0 fully saturated rings. The van der Waals surface area contributed by atoms with Gasteiger partial charge in [0.1, 0.15) is 23.5 Å². The number of aliphatic hydroxyl groups is 2. The number of imidazole rings is 2. The van der Waals surface area contributed by atoms with Gasteiger partial charge in [-0.15, -0.1) is 0 Å². The van der Waals surface area contributed by atoms with Gasteiger partial charge in [-0.1, -0.05) is 53.0 Å². The standard InChI is InChI=1S/C30H23Cl3N4O2/c1-16-9-11-36-23(13-16)34-25(19-5-3-4-6-21(19)32)27(36)29(38)30(39)28-26(20-8-7-18(31)15-22(20)33)35-24-14-17(2)10-12-37(24)28/h3-15,29-30,38-39H,1-2H3. The minimum absolute atomic E-state index is 0.382. The third kappa shape index (κ3) is 4.48. The molecule has 39 heavy (non-hydrogen) atoms. The van der Waals surface area contributed by atoms with Gasteiger partial charge < -0.3 is 19.0 Å². The maximum Gasteiger partial charge on any atom is 0.138 e. The average Bonchev–Trinajstić information content (AvgIpc) is 3.45. The van der Waals surface area contributed by atoms with Gasteiger partial charge in [-0.3, -0.25) is 0 Å². The summed E-state index contributed by atoms with van der Waals surface area (Å²) in [5.74, 6) is 0. The summed E-state index contributed by atoms with van der Waals surface area (Å²) < 4.78 is 3.55. The van der Waals surface area contributed by atoms with Crippen LogP contribution in [-0.2, 0) is 0 Å². The second-order valence-corrected chi connectivity index (χ2v) is 10.8. The van der Waals surface area contributed by atoms with E-state index in [1.165, 1.54) is 0 Å². The van der Waals surface area contributed by atoms with Gasteiger partial charge in [0.2, 0.25) is 0 Å². The van der Waals surface area contributed by atoms with Gasteiger partial charge in [0.05, 0.1) is 32.8 Å². The Bertz CT molecular complexity index is 1880. The average molecular weight is 578 g/mol. The lowest BCUT2D eigenvalue weighted by Gasteiger charge is -2.21. The zero-order valence-corrected chi connectivity index (χ0v) is 23.2. The monoisotopic (exact) mass is 576 g/mol. The van der Waals surface area contributed by atoms with E-state index in [-0.39, 0.29) is 0 Å². The van der Waals surface area contributed by atoms with Gasteiger partial charge in [0.15, 0.2) is 0 Å². The number of aryl methyl sites for hydroxylation is 2. The molecule has 0 amide bonds. The Kier molecular flexibility index (Phi) is 6.61. The molecule has 0 radical (unpaired) electrons. The van der Waals surface area contributed by atoms with Crippen molar-refractivity contribution in [1.82, 2.24) is 18.8 Å². The Balaban J connectivity index is 1.59. The molecule has 0 spiro atoms. The molecule has 0 aliphatic heterocycles. The zero-order chi connectivity index (χ0) is 27.4. The highest BCUT2D eigenvalue weighted by Gasteiger charge is 2.33. The van der Waals surface area contributed by atoms with E-state index in [1.54, 1.807) is 33.1 Å². The fourth-order valence-electron chi connectivity index (χ4n) is 4.93. The summed E-state index contributed by atoms with van der Waals surface area (Å²) in [6.07, 6.45) is 0.841. The minimum Gasteiger partial charge on any atom is -0.384 e. The van der Waals surface area contributed by atoms with E-state index < -0.39 is 12.2 Å². The Morgan fingerprint density at radius 3 is 1.67 bits per heavy atom. The van der Waals surface area contributed by atoms with Crippen LogP contribution >= 0.6 is 34.8 Å². The highest BCUT2D eigenvalue weighted by molar-refractivity contribution is 6.36. The molecule has 2 N–H and O–H groups in total. The number of benzene rings is 2. The van der Waals surface area contributed by atoms with E-state index in [4.69, 9.17) is 44.8 Å². The number of pyridine rings is 2. The number of rotatable bonds is 5. The van der Waals surface area contributed by atoms with Crippen LogP contribution in [0.2, 0.25) is 15.1 Å². The first-order valence-electron chi connectivity index (χ1n) is 12.3. The van der Waals surface area contributed by atoms with Crippen molar-refractivity contribution in [3.05, 3.63) is 117 Å². The number of fused-ring (bicyclic) bond motifs is 2. The van der Waals surface area contributed by atoms with Crippen LogP contribution < -0.4 is 0 Å². The lowest BCUT2D eigenvalue weighted by atomic mass is 9.99. The molecule has 6 nitrogen and oxygen atoms in total. The third-order valence-electron chi connectivity index (χ3n) is 6.81. The second-order valence-electron chi connectivity index (χ2n) is 9.55. The van der Waals surface area contributed by atoms with Crippen LogP contribution in [0.25, 0.3) is 33.8 Å². The first kappa shape index (κ1) is 25.9. The van der Waals surface area contributed by atoms with E-state index in [9.17, 15) is 10.2 Å². The molecule has 6 rings (SSSR count). The van der Waals surface area contributed by atoms with E-state index in [0.717, 1.165) is 11.1 Å². The molecule has 0 aliphatic carbocycles. The Morgan fingerprint density at radius 2 is 1.15 bits per heavy atom. The van der Waals surface area contributed by atoms with Gasteiger partial charge in [0, 0.05) is 28.5 Å². The third-order valence-corrected chi connectivity index (χ3v) is 7.69. The summed E-state index contributed by atoms with van der Waals surface area (Å²) in [4.78, 5) is 9.63. The molecule has 6 aromatic rings. The summed E-state index contributed by atoms with van der Waals surface area (Å²) in [5, 5.41) is 25.2. The van der Waals surface area contributed by atoms with Gasteiger partial charge in [-0.2, -0.15) is 0 Å². The maximum atomic E-state index is 11.9. The zero-order valence-electron chi connectivity index (χ0n) is 21.0. The fraction of sp³-hybridized carbons (Fsp3) is 0.133. The predicted octanol–water partition coefficient (Wildman–Crippen LogP) is 7.66. The van der Waals surface area contributed by atoms with Crippen molar-refractivity contribution in [2.24, 2.45) is 0 Å². The lowest BCUT2D eigenvalue weighted by Crippen LogP contribution is -2.16. The molecule has 0 bridgehead atoms. The summed E-state index contributed by atoms with van der Waals surface area (Å²) in [6.45, 7) is 3.93.